The lowest BCUT2D eigenvalue weighted by molar-refractivity contribution is 0.207. The molecule has 2 fully saturated rings. The second kappa shape index (κ2) is 8.78. The van der Waals surface area contributed by atoms with E-state index in [2.05, 4.69) is 32.3 Å². The van der Waals surface area contributed by atoms with Gasteiger partial charge in [0, 0.05) is 31.1 Å². The van der Waals surface area contributed by atoms with Crippen molar-refractivity contribution in [3.63, 3.8) is 0 Å². The lowest BCUT2D eigenvalue weighted by Gasteiger charge is -2.30. The van der Waals surface area contributed by atoms with Crippen LogP contribution in [0.4, 0.5) is 16.2 Å². The van der Waals surface area contributed by atoms with Gasteiger partial charge in [0.1, 0.15) is 6.17 Å². The lowest BCUT2D eigenvalue weighted by atomic mass is 9.90. The van der Waals surface area contributed by atoms with Crippen LogP contribution in [0.25, 0.3) is 11.2 Å². The molecule has 2 aliphatic carbocycles. The van der Waals surface area contributed by atoms with Crippen LogP contribution in [0.1, 0.15) is 56.6 Å². The van der Waals surface area contributed by atoms with Gasteiger partial charge >= 0.3 is 0 Å². The number of fused-ring (bicyclic) bond motifs is 1. The molecule has 31 heavy (non-hydrogen) atoms. The average Bonchev–Trinajstić information content (AvgIpc) is 3.45. The summed E-state index contributed by atoms with van der Waals surface area (Å²) >= 11 is 0. The monoisotopic (exact) mass is 423 g/mol. The van der Waals surface area contributed by atoms with Gasteiger partial charge in [-0.2, -0.15) is 9.97 Å². The zero-order valence-corrected chi connectivity index (χ0v) is 17.7. The largest absolute Gasteiger partial charge is 0.364 e. The van der Waals surface area contributed by atoms with Gasteiger partial charge in [-0.1, -0.05) is 43.2 Å². The number of anilines is 2. The molecule has 0 amide bonds. The normalized spacial score (nSPS) is 24.5. The van der Waals surface area contributed by atoms with E-state index in [1.54, 1.807) is 0 Å². The van der Waals surface area contributed by atoms with Gasteiger partial charge in [-0.05, 0) is 31.2 Å². The van der Waals surface area contributed by atoms with Crippen molar-refractivity contribution in [2.75, 3.05) is 10.6 Å². The van der Waals surface area contributed by atoms with Gasteiger partial charge in [-0.15, -0.1) is 0 Å². The minimum atomic E-state index is -0.991. The number of aromatic nitrogens is 4. The summed E-state index contributed by atoms with van der Waals surface area (Å²) in [6.45, 7) is 0.646. The maximum atomic E-state index is 14.2. The summed E-state index contributed by atoms with van der Waals surface area (Å²) in [6.07, 6.45) is 7.54. The molecule has 2 heterocycles. The van der Waals surface area contributed by atoms with Crippen molar-refractivity contribution in [2.45, 2.75) is 75.8 Å². The van der Waals surface area contributed by atoms with E-state index in [1.807, 2.05) is 24.5 Å². The molecule has 0 saturated heterocycles. The van der Waals surface area contributed by atoms with Gasteiger partial charge in [0.15, 0.2) is 17.0 Å². The SMILES string of the molecule is NC1CC[C@@H](Nc2nc(NCc3ccccc3)c3ncn(C4CCCC4)c3n2)C[C@@H]1F. The number of benzene rings is 1. The van der Waals surface area contributed by atoms with Crippen LogP contribution in [-0.2, 0) is 6.54 Å². The smallest absolute Gasteiger partial charge is 0.227 e. The third-order valence-corrected chi connectivity index (χ3v) is 6.60. The van der Waals surface area contributed by atoms with Crippen molar-refractivity contribution >= 4 is 22.9 Å². The lowest BCUT2D eigenvalue weighted by Crippen LogP contribution is -2.42. The average molecular weight is 424 g/mol. The topological polar surface area (TPSA) is 93.7 Å². The fourth-order valence-electron chi connectivity index (χ4n) is 4.79. The second-order valence-corrected chi connectivity index (χ2v) is 8.83. The first-order valence-electron chi connectivity index (χ1n) is 11.4. The fourth-order valence-corrected chi connectivity index (χ4v) is 4.79. The molecule has 1 unspecified atom stereocenters. The predicted octanol–water partition coefficient (Wildman–Crippen LogP) is 4.18. The second-order valence-electron chi connectivity index (χ2n) is 8.83. The number of hydrogen-bond donors (Lipinski definition) is 3. The molecule has 0 aliphatic heterocycles. The van der Waals surface area contributed by atoms with Crippen LogP contribution in [0.5, 0.6) is 0 Å². The molecular formula is C23H30FN7. The number of halogens is 1. The van der Waals surface area contributed by atoms with E-state index in [4.69, 9.17) is 15.7 Å². The number of nitrogens with two attached hydrogens (primary N) is 1. The molecule has 164 valence electrons. The molecule has 4 N–H and O–H groups in total. The number of nitrogens with one attached hydrogen (secondary N) is 2. The third kappa shape index (κ3) is 4.35. The number of nitrogens with zero attached hydrogens (tertiary/aromatic N) is 4. The van der Waals surface area contributed by atoms with Crippen LogP contribution in [-0.4, -0.2) is 37.8 Å². The van der Waals surface area contributed by atoms with E-state index in [0.29, 0.717) is 37.2 Å². The highest BCUT2D eigenvalue weighted by Crippen LogP contribution is 2.33. The van der Waals surface area contributed by atoms with Gasteiger partial charge in [0.05, 0.1) is 6.33 Å². The molecule has 3 atom stereocenters. The summed E-state index contributed by atoms with van der Waals surface area (Å²) < 4.78 is 16.3. The first-order chi connectivity index (χ1) is 15.2. The fraction of sp³-hybridized carbons (Fsp3) is 0.522. The predicted molar refractivity (Wildman–Crippen MR) is 121 cm³/mol. The van der Waals surface area contributed by atoms with Crippen LogP contribution in [0.15, 0.2) is 36.7 Å². The number of rotatable bonds is 6. The van der Waals surface area contributed by atoms with Crippen LogP contribution in [0.3, 0.4) is 0 Å². The molecule has 8 heteroatoms. The number of alkyl halides is 1. The summed E-state index contributed by atoms with van der Waals surface area (Å²) in [4.78, 5) is 14.2. The molecule has 2 aromatic heterocycles. The summed E-state index contributed by atoms with van der Waals surface area (Å²) in [7, 11) is 0. The Bertz CT molecular complexity index is 1020. The van der Waals surface area contributed by atoms with E-state index in [1.165, 1.54) is 18.4 Å². The molecule has 2 saturated carbocycles. The maximum absolute atomic E-state index is 14.2. The molecule has 0 radical (unpaired) electrons. The van der Waals surface area contributed by atoms with Gasteiger partial charge in [0.2, 0.25) is 5.95 Å². The number of hydrogen-bond acceptors (Lipinski definition) is 6. The minimum Gasteiger partial charge on any atom is -0.364 e. The first-order valence-corrected chi connectivity index (χ1v) is 11.4. The van der Waals surface area contributed by atoms with Crippen LogP contribution < -0.4 is 16.4 Å². The Balaban J connectivity index is 1.45. The number of imidazole rings is 1. The Labute approximate surface area is 181 Å². The summed E-state index contributed by atoms with van der Waals surface area (Å²) in [6, 6.07) is 10.3. The Morgan fingerprint density at radius 3 is 2.65 bits per heavy atom. The highest BCUT2D eigenvalue weighted by molar-refractivity contribution is 5.84. The van der Waals surface area contributed by atoms with E-state index in [0.717, 1.165) is 30.4 Å². The molecule has 5 rings (SSSR count). The highest BCUT2D eigenvalue weighted by Gasteiger charge is 2.29. The van der Waals surface area contributed by atoms with Crippen molar-refractivity contribution in [1.29, 1.82) is 0 Å². The van der Waals surface area contributed by atoms with Crippen LogP contribution in [0.2, 0.25) is 0 Å². The van der Waals surface area contributed by atoms with Gasteiger partial charge in [-0.25, -0.2) is 9.37 Å². The van der Waals surface area contributed by atoms with Crippen molar-refractivity contribution in [2.24, 2.45) is 5.73 Å². The van der Waals surface area contributed by atoms with E-state index >= 15 is 0 Å². The Morgan fingerprint density at radius 2 is 1.87 bits per heavy atom. The third-order valence-electron chi connectivity index (χ3n) is 6.60. The van der Waals surface area contributed by atoms with E-state index in [9.17, 15) is 4.39 Å². The van der Waals surface area contributed by atoms with Crippen molar-refractivity contribution in [3.8, 4) is 0 Å². The molecule has 0 bridgehead atoms. The standard InChI is InChI=1S/C23H30FN7/c24-18-12-16(10-11-19(18)25)28-23-29-21(26-13-15-6-2-1-3-7-15)20-22(30-23)31(14-27-20)17-8-4-5-9-17/h1-3,6-7,14,16-19H,4-5,8-13,25H2,(H2,26,28,29,30)/t16-,18+,19?/m1/s1. The highest BCUT2D eigenvalue weighted by atomic mass is 19.1. The van der Waals surface area contributed by atoms with Crippen LogP contribution in [0, 0.1) is 0 Å². The zero-order valence-electron chi connectivity index (χ0n) is 17.7. The van der Waals surface area contributed by atoms with E-state index in [-0.39, 0.29) is 12.1 Å². The Morgan fingerprint density at radius 1 is 1.06 bits per heavy atom. The Kier molecular flexibility index (Phi) is 5.72. The molecule has 1 aromatic carbocycles. The molecule has 0 spiro atoms. The maximum Gasteiger partial charge on any atom is 0.227 e. The van der Waals surface area contributed by atoms with Crippen molar-refractivity contribution in [1.82, 2.24) is 19.5 Å². The Hall–Kier alpha value is -2.74. The summed E-state index contributed by atoms with van der Waals surface area (Å²) in [5.41, 5.74) is 8.63. The van der Waals surface area contributed by atoms with Crippen molar-refractivity contribution in [3.05, 3.63) is 42.2 Å². The molecule has 7 nitrogen and oxygen atoms in total. The quantitative estimate of drug-likeness (QED) is 0.551. The molecule has 2 aliphatic rings. The first kappa shape index (κ1) is 20.2. The van der Waals surface area contributed by atoms with E-state index < -0.39 is 6.17 Å². The molecular weight excluding hydrogens is 393 g/mol. The summed E-state index contributed by atoms with van der Waals surface area (Å²) in [5, 5.41) is 6.81. The molecule has 3 aromatic rings. The van der Waals surface area contributed by atoms with Gasteiger partial charge in [0.25, 0.3) is 0 Å². The zero-order chi connectivity index (χ0) is 21.2. The van der Waals surface area contributed by atoms with Gasteiger partial charge in [-0.3, -0.25) is 0 Å². The minimum absolute atomic E-state index is 0.0166. The summed E-state index contributed by atoms with van der Waals surface area (Å²) in [5.74, 6) is 1.23. The van der Waals surface area contributed by atoms with Crippen molar-refractivity contribution < 1.29 is 4.39 Å². The van der Waals surface area contributed by atoms with Gasteiger partial charge < -0.3 is 20.9 Å². The van der Waals surface area contributed by atoms with Crippen LogP contribution >= 0.6 is 0 Å².